The van der Waals surface area contributed by atoms with E-state index < -0.39 is 10.1 Å². The maximum atomic E-state index is 14.2. The third kappa shape index (κ3) is 7.10. The van der Waals surface area contributed by atoms with E-state index in [0.29, 0.717) is 50.5 Å². The lowest BCUT2D eigenvalue weighted by atomic mass is 9.49. The van der Waals surface area contributed by atoms with Crippen LogP contribution in [0.5, 0.6) is 5.75 Å². The van der Waals surface area contributed by atoms with Gasteiger partial charge in [0.15, 0.2) is 0 Å². The molecule has 4 bridgehead atoms. The van der Waals surface area contributed by atoms with Crippen molar-refractivity contribution in [1.29, 1.82) is 0 Å². The number of piperazine rings is 1. The third-order valence-electron chi connectivity index (χ3n) is 10.1. The Morgan fingerprint density at radius 2 is 1.59 bits per heavy atom. The lowest BCUT2D eigenvalue weighted by Crippen LogP contribution is -2.51. The summed E-state index contributed by atoms with van der Waals surface area (Å²) in [6.45, 7) is 2.99. The Balaban J connectivity index is 0.960. The molecule has 1 N–H and O–H groups in total. The smallest absolute Gasteiger partial charge is 0.296 e. The first kappa shape index (κ1) is 31.0. The molecule has 7 rings (SSSR count). The summed E-state index contributed by atoms with van der Waals surface area (Å²) in [5.41, 5.74) is 1.61. The van der Waals surface area contributed by atoms with Gasteiger partial charge in [-0.1, -0.05) is 12.1 Å². The monoisotopic (exact) mass is 627 g/mol. The molecule has 0 radical (unpaired) electrons. The number of halogens is 1. The largest absolute Gasteiger partial charge is 0.489 e. The van der Waals surface area contributed by atoms with E-state index >= 15 is 0 Å². The Morgan fingerprint density at radius 3 is 2.20 bits per heavy atom. The molecule has 238 valence electrons. The Kier molecular flexibility index (Phi) is 8.99. The normalized spacial score (nSPS) is 26.5. The van der Waals surface area contributed by atoms with E-state index in [1.165, 1.54) is 62.8 Å². The summed E-state index contributed by atoms with van der Waals surface area (Å²) >= 11 is 0. The summed E-state index contributed by atoms with van der Waals surface area (Å²) < 4.78 is 48.4. The van der Waals surface area contributed by atoms with Gasteiger partial charge in [0, 0.05) is 44.7 Å². The first-order valence-electron chi connectivity index (χ1n) is 15.7. The minimum Gasteiger partial charge on any atom is -0.489 e. The molecular formula is C33H42FN3O6S. The van der Waals surface area contributed by atoms with Gasteiger partial charge in [-0.15, -0.1) is 0 Å². The zero-order chi connectivity index (χ0) is 30.9. The maximum Gasteiger partial charge on any atom is 0.296 e. The predicted octanol–water partition coefficient (Wildman–Crippen LogP) is 4.11. The van der Waals surface area contributed by atoms with E-state index in [-0.39, 0.29) is 41.1 Å². The van der Waals surface area contributed by atoms with Crippen LogP contribution in [0.25, 0.3) is 0 Å². The zero-order valence-corrected chi connectivity index (χ0v) is 26.1. The van der Waals surface area contributed by atoms with Gasteiger partial charge in [0.2, 0.25) is 11.8 Å². The molecule has 1 aliphatic heterocycles. The minimum absolute atomic E-state index is 0.00789. The summed E-state index contributed by atoms with van der Waals surface area (Å²) in [6.07, 6.45) is 8.12. The summed E-state index contributed by atoms with van der Waals surface area (Å²) in [6, 6.07) is 10.6. The molecule has 5 aliphatic rings. The van der Waals surface area contributed by atoms with Crippen molar-refractivity contribution < 1.29 is 31.3 Å². The predicted molar refractivity (Wildman–Crippen MR) is 161 cm³/mol. The van der Waals surface area contributed by atoms with Crippen LogP contribution in [0.3, 0.4) is 0 Å². The molecule has 4 saturated carbocycles. The molecule has 5 fully saturated rings. The Labute approximate surface area is 259 Å². The molecule has 11 heteroatoms. The van der Waals surface area contributed by atoms with Crippen molar-refractivity contribution in [2.24, 2.45) is 23.2 Å². The molecule has 2 aromatic carbocycles. The van der Waals surface area contributed by atoms with Gasteiger partial charge >= 0.3 is 0 Å². The van der Waals surface area contributed by atoms with Crippen molar-refractivity contribution >= 4 is 21.9 Å². The quantitative estimate of drug-likeness (QED) is 0.374. The van der Waals surface area contributed by atoms with Gasteiger partial charge in [-0.3, -0.25) is 18.7 Å². The van der Waals surface area contributed by atoms with Crippen LogP contribution in [0.2, 0.25) is 0 Å². The zero-order valence-electron chi connectivity index (χ0n) is 25.3. The topological polar surface area (TPSA) is 105 Å². The number of amides is 2. The second-order valence-corrected chi connectivity index (χ2v) is 15.0. The molecule has 2 aromatic rings. The second-order valence-electron chi connectivity index (χ2n) is 13.3. The number of carbonyl (C=O) groups is 2. The number of nitrogens with zero attached hydrogens (tertiary/aromatic N) is 2. The van der Waals surface area contributed by atoms with Crippen LogP contribution in [0.4, 0.5) is 4.39 Å². The highest BCUT2D eigenvalue weighted by molar-refractivity contribution is 7.86. The molecule has 44 heavy (non-hydrogen) atoms. The van der Waals surface area contributed by atoms with Crippen molar-refractivity contribution in [3.63, 3.8) is 0 Å². The van der Waals surface area contributed by atoms with Crippen molar-refractivity contribution in [2.75, 3.05) is 39.8 Å². The van der Waals surface area contributed by atoms with Crippen LogP contribution in [-0.2, 0) is 37.0 Å². The molecule has 2 amide bonds. The summed E-state index contributed by atoms with van der Waals surface area (Å²) in [7, 11) is -2.65. The van der Waals surface area contributed by atoms with Crippen LogP contribution >= 0.6 is 0 Å². The Bertz CT molecular complexity index is 1440. The molecule has 9 nitrogen and oxygen atoms in total. The molecule has 4 aliphatic carbocycles. The van der Waals surface area contributed by atoms with E-state index in [1.807, 2.05) is 0 Å². The molecule has 1 heterocycles. The Hall–Kier alpha value is -3.02. The van der Waals surface area contributed by atoms with Gasteiger partial charge in [-0.2, -0.15) is 8.42 Å². The molecule has 0 unspecified atom stereocenters. The third-order valence-corrected chi connectivity index (χ3v) is 11.4. The minimum atomic E-state index is -3.77. The van der Waals surface area contributed by atoms with Crippen LogP contribution in [0.15, 0.2) is 47.4 Å². The van der Waals surface area contributed by atoms with Crippen molar-refractivity contribution in [1.82, 2.24) is 15.1 Å². The van der Waals surface area contributed by atoms with E-state index in [9.17, 15) is 22.4 Å². The number of carbonyl (C=O) groups excluding carboxylic acids is 2. The standard InChI is InChI=1S/C33H42FN3O6S/c1-42-44(40,41)29-5-2-23(3-6-29)22-43-30-7-4-28(34)15-27(30)21-36-8-10-37(11-9-36)32(39)20-35-31(38)19-33-16-24-12-25(17-33)14-26(13-24)18-33/h2-7,15,24-26H,8-14,16-22H2,1H3,(H,35,38). The average molecular weight is 628 g/mol. The Morgan fingerprint density at radius 1 is 0.955 bits per heavy atom. The summed E-state index contributed by atoms with van der Waals surface area (Å²) in [5.74, 6) is 2.51. The van der Waals surface area contributed by atoms with Crippen LogP contribution in [-0.4, -0.2) is 69.9 Å². The number of hydrogen-bond acceptors (Lipinski definition) is 7. The molecule has 0 spiro atoms. The van der Waals surface area contributed by atoms with Gasteiger partial charge in [0.1, 0.15) is 18.2 Å². The fourth-order valence-corrected chi connectivity index (χ4v) is 9.08. The second kappa shape index (κ2) is 12.8. The number of nitrogens with one attached hydrogen (secondary N) is 1. The maximum absolute atomic E-state index is 14.2. The van der Waals surface area contributed by atoms with Gasteiger partial charge < -0.3 is 15.0 Å². The summed E-state index contributed by atoms with van der Waals surface area (Å²) in [5, 5.41) is 2.92. The summed E-state index contributed by atoms with van der Waals surface area (Å²) in [4.78, 5) is 29.8. The van der Waals surface area contributed by atoms with Crippen LogP contribution in [0.1, 0.15) is 56.1 Å². The van der Waals surface area contributed by atoms with E-state index in [4.69, 9.17) is 4.74 Å². The van der Waals surface area contributed by atoms with Crippen molar-refractivity contribution in [2.45, 2.75) is 63.0 Å². The fraction of sp³-hybridized carbons (Fsp3) is 0.576. The van der Waals surface area contributed by atoms with Crippen molar-refractivity contribution in [3.05, 3.63) is 59.4 Å². The molecule has 0 aromatic heterocycles. The SMILES string of the molecule is COS(=O)(=O)c1ccc(COc2ccc(F)cc2CN2CCN(C(=O)CNC(=O)CC34CC5CC(CC(C5)C3)C4)CC2)cc1. The molecule has 1 saturated heterocycles. The first-order valence-corrected chi connectivity index (χ1v) is 17.1. The highest BCUT2D eigenvalue weighted by Gasteiger charge is 2.51. The highest BCUT2D eigenvalue weighted by Crippen LogP contribution is 2.61. The number of hydrogen-bond donors (Lipinski definition) is 1. The first-order chi connectivity index (χ1) is 21.1. The highest BCUT2D eigenvalue weighted by atomic mass is 32.2. The van der Waals surface area contributed by atoms with Gasteiger partial charge in [0.25, 0.3) is 10.1 Å². The number of benzene rings is 2. The van der Waals surface area contributed by atoms with Gasteiger partial charge in [-0.25, -0.2) is 4.39 Å². The average Bonchev–Trinajstić information content (AvgIpc) is 2.99. The fourth-order valence-electron chi connectivity index (χ4n) is 8.41. The van der Waals surface area contributed by atoms with E-state index in [0.717, 1.165) is 30.4 Å². The van der Waals surface area contributed by atoms with E-state index in [1.54, 1.807) is 23.1 Å². The molecule has 0 atom stereocenters. The van der Waals surface area contributed by atoms with Gasteiger partial charge in [0.05, 0.1) is 18.6 Å². The number of ether oxygens (including phenoxy) is 1. The lowest BCUT2D eigenvalue weighted by molar-refractivity contribution is -0.136. The lowest BCUT2D eigenvalue weighted by Gasteiger charge is -2.56. The van der Waals surface area contributed by atoms with E-state index in [2.05, 4.69) is 14.4 Å². The number of rotatable bonds is 11. The van der Waals surface area contributed by atoms with Crippen LogP contribution < -0.4 is 10.1 Å². The molecular weight excluding hydrogens is 585 g/mol. The van der Waals surface area contributed by atoms with Gasteiger partial charge in [-0.05, 0) is 97.6 Å². The van der Waals surface area contributed by atoms with Crippen LogP contribution in [0, 0.1) is 29.0 Å². The van der Waals surface area contributed by atoms with Crippen molar-refractivity contribution in [3.8, 4) is 5.75 Å².